The minimum atomic E-state index is -0.587. The van der Waals surface area contributed by atoms with Crippen molar-refractivity contribution in [2.24, 2.45) is 5.92 Å². The van der Waals surface area contributed by atoms with E-state index in [-0.39, 0.29) is 6.10 Å². The smallest absolute Gasteiger partial charge is 0.125 e. The van der Waals surface area contributed by atoms with Crippen LogP contribution in [-0.4, -0.2) is 24.4 Å². The van der Waals surface area contributed by atoms with Crippen molar-refractivity contribution in [1.82, 2.24) is 0 Å². The molecule has 1 N–H and O–H groups in total. The van der Waals surface area contributed by atoms with Crippen LogP contribution in [0.4, 0.5) is 0 Å². The molecule has 100 valence electrons. The van der Waals surface area contributed by atoms with Gasteiger partial charge in [-0.2, -0.15) is 0 Å². The average molecular weight is 250 g/mol. The zero-order valence-electron chi connectivity index (χ0n) is 11.1. The minimum absolute atomic E-state index is 0.0891. The van der Waals surface area contributed by atoms with Gasteiger partial charge in [0.2, 0.25) is 0 Å². The molecular formula is C15H22O3. The number of hydrogen-bond donors (Lipinski definition) is 1. The van der Waals surface area contributed by atoms with Crippen LogP contribution in [0.3, 0.4) is 0 Å². The van der Waals surface area contributed by atoms with Crippen LogP contribution in [0.1, 0.15) is 38.4 Å². The lowest BCUT2D eigenvalue weighted by Crippen LogP contribution is -2.18. The van der Waals surface area contributed by atoms with E-state index in [1.165, 1.54) is 0 Å². The van der Waals surface area contributed by atoms with Gasteiger partial charge in [-0.25, -0.2) is 0 Å². The van der Waals surface area contributed by atoms with Gasteiger partial charge < -0.3 is 14.6 Å². The third-order valence-corrected chi connectivity index (χ3v) is 3.13. The Morgan fingerprint density at radius 2 is 2.17 bits per heavy atom. The number of hydrogen-bond acceptors (Lipinski definition) is 3. The molecule has 0 aromatic heterocycles. The van der Waals surface area contributed by atoms with Crippen LogP contribution in [0.2, 0.25) is 0 Å². The monoisotopic (exact) mass is 250 g/mol. The Bertz CT molecular complexity index is 370. The van der Waals surface area contributed by atoms with E-state index in [1.54, 1.807) is 0 Å². The Hall–Kier alpha value is -1.06. The minimum Gasteiger partial charge on any atom is -0.493 e. The molecule has 0 amide bonds. The summed E-state index contributed by atoms with van der Waals surface area (Å²) in [5.41, 5.74) is 0.838. The van der Waals surface area contributed by atoms with E-state index in [0.29, 0.717) is 12.5 Å². The van der Waals surface area contributed by atoms with E-state index in [2.05, 4.69) is 13.8 Å². The summed E-state index contributed by atoms with van der Waals surface area (Å²) in [6.45, 7) is 5.63. The molecule has 3 heteroatoms. The molecule has 3 nitrogen and oxygen atoms in total. The summed E-state index contributed by atoms with van der Waals surface area (Å²) >= 11 is 0. The molecule has 2 unspecified atom stereocenters. The molecule has 1 aliphatic heterocycles. The second-order valence-corrected chi connectivity index (χ2v) is 5.24. The van der Waals surface area contributed by atoms with Crippen LogP contribution in [0.25, 0.3) is 0 Å². The fraction of sp³-hybridized carbons (Fsp3) is 0.600. The Morgan fingerprint density at radius 1 is 1.39 bits per heavy atom. The van der Waals surface area contributed by atoms with Crippen molar-refractivity contribution in [2.75, 3.05) is 13.2 Å². The normalized spacial score (nSPS) is 21.2. The third-order valence-electron chi connectivity index (χ3n) is 3.13. The van der Waals surface area contributed by atoms with Gasteiger partial charge in [-0.05, 0) is 24.8 Å². The van der Waals surface area contributed by atoms with Gasteiger partial charge >= 0.3 is 0 Å². The first-order chi connectivity index (χ1) is 8.68. The highest BCUT2D eigenvalue weighted by atomic mass is 16.5. The lowest BCUT2D eigenvalue weighted by Gasteiger charge is -2.21. The number of aliphatic hydroxyl groups is 1. The van der Waals surface area contributed by atoms with E-state index in [4.69, 9.17) is 9.47 Å². The molecule has 18 heavy (non-hydrogen) atoms. The molecule has 1 aromatic rings. The largest absolute Gasteiger partial charge is 0.493 e. The first-order valence-corrected chi connectivity index (χ1v) is 6.70. The first-order valence-electron chi connectivity index (χ1n) is 6.70. The SMILES string of the molecule is CC(C)COc1ccccc1C(O)C1CCCO1. The van der Waals surface area contributed by atoms with Crippen molar-refractivity contribution in [3.05, 3.63) is 29.8 Å². The van der Waals surface area contributed by atoms with Crippen LogP contribution >= 0.6 is 0 Å². The van der Waals surface area contributed by atoms with Crippen molar-refractivity contribution in [2.45, 2.75) is 38.9 Å². The van der Waals surface area contributed by atoms with Crippen LogP contribution in [0, 0.1) is 5.92 Å². The molecule has 0 bridgehead atoms. The van der Waals surface area contributed by atoms with Crippen molar-refractivity contribution < 1.29 is 14.6 Å². The van der Waals surface area contributed by atoms with Crippen molar-refractivity contribution in [3.63, 3.8) is 0 Å². The summed E-state index contributed by atoms with van der Waals surface area (Å²) in [6, 6.07) is 7.69. The number of aliphatic hydroxyl groups excluding tert-OH is 1. The van der Waals surface area contributed by atoms with Gasteiger partial charge in [0.25, 0.3) is 0 Å². The Balaban J connectivity index is 2.10. The second-order valence-electron chi connectivity index (χ2n) is 5.24. The van der Waals surface area contributed by atoms with Gasteiger partial charge in [0.1, 0.15) is 11.9 Å². The lowest BCUT2D eigenvalue weighted by molar-refractivity contribution is -0.00399. The summed E-state index contributed by atoms with van der Waals surface area (Å²) < 4.78 is 11.3. The van der Waals surface area contributed by atoms with Crippen LogP contribution < -0.4 is 4.74 Å². The summed E-state index contributed by atoms with van der Waals surface area (Å²) in [5.74, 6) is 1.24. The van der Waals surface area contributed by atoms with E-state index in [0.717, 1.165) is 30.8 Å². The highest BCUT2D eigenvalue weighted by Gasteiger charge is 2.27. The highest BCUT2D eigenvalue weighted by Crippen LogP contribution is 2.32. The van der Waals surface area contributed by atoms with Crippen molar-refractivity contribution in [1.29, 1.82) is 0 Å². The second kappa shape index (κ2) is 6.21. The molecule has 0 radical (unpaired) electrons. The number of rotatable bonds is 5. The molecule has 0 aliphatic carbocycles. The quantitative estimate of drug-likeness (QED) is 0.873. The third kappa shape index (κ3) is 3.24. The van der Waals surface area contributed by atoms with E-state index in [9.17, 15) is 5.11 Å². The number of benzene rings is 1. The molecular weight excluding hydrogens is 228 g/mol. The van der Waals surface area contributed by atoms with Gasteiger partial charge in [0.15, 0.2) is 0 Å². The maximum atomic E-state index is 10.4. The molecule has 0 saturated carbocycles. The Kier molecular flexibility index (Phi) is 4.61. The number of ether oxygens (including phenoxy) is 2. The molecule has 1 fully saturated rings. The molecule has 1 heterocycles. The first kappa shape index (κ1) is 13.4. The molecule has 1 aliphatic rings. The maximum Gasteiger partial charge on any atom is 0.125 e. The predicted octanol–water partition coefficient (Wildman–Crippen LogP) is 2.93. The highest BCUT2D eigenvalue weighted by molar-refractivity contribution is 5.35. The van der Waals surface area contributed by atoms with Gasteiger partial charge in [0.05, 0.1) is 12.7 Å². The Morgan fingerprint density at radius 3 is 2.83 bits per heavy atom. The molecule has 1 saturated heterocycles. The zero-order chi connectivity index (χ0) is 13.0. The van der Waals surface area contributed by atoms with Crippen LogP contribution in [-0.2, 0) is 4.74 Å². The average Bonchev–Trinajstić information content (AvgIpc) is 2.89. The lowest BCUT2D eigenvalue weighted by atomic mass is 10.0. The molecule has 1 aromatic carbocycles. The fourth-order valence-electron chi connectivity index (χ4n) is 2.16. The van der Waals surface area contributed by atoms with Gasteiger partial charge in [0, 0.05) is 12.2 Å². The molecule has 2 rings (SSSR count). The summed E-state index contributed by atoms with van der Waals surface area (Å²) in [4.78, 5) is 0. The van der Waals surface area contributed by atoms with E-state index >= 15 is 0 Å². The number of para-hydroxylation sites is 1. The summed E-state index contributed by atoms with van der Waals surface area (Å²) in [7, 11) is 0. The Labute approximate surface area is 109 Å². The van der Waals surface area contributed by atoms with Crippen LogP contribution in [0.15, 0.2) is 24.3 Å². The maximum absolute atomic E-state index is 10.4. The van der Waals surface area contributed by atoms with E-state index < -0.39 is 6.10 Å². The molecule has 2 atom stereocenters. The molecule has 0 spiro atoms. The summed E-state index contributed by atoms with van der Waals surface area (Å²) in [5, 5.41) is 10.4. The topological polar surface area (TPSA) is 38.7 Å². The van der Waals surface area contributed by atoms with E-state index in [1.807, 2.05) is 24.3 Å². The van der Waals surface area contributed by atoms with Crippen LogP contribution in [0.5, 0.6) is 5.75 Å². The van der Waals surface area contributed by atoms with Gasteiger partial charge in [-0.3, -0.25) is 0 Å². The van der Waals surface area contributed by atoms with Gasteiger partial charge in [-0.15, -0.1) is 0 Å². The van der Waals surface area contributed by atoms with Crippen molar-refractivity contribution in [3.8, 4) is 5.75 Å². The van der Waals surface area contributed by atoms with Crippen molar-refractivity contribution >= 4 is 0 Å². The zero-order valence-corrected chi connectivity index (χ0v) is 11.1. The summed E-state index contributed by atoms with van der Waals surface area (Å²) in [6.07, 6.45) is 1.26. The van der Waals surface area contributed by atoms with Gasteiger partial charge in [-0.1, -0.05) is 32.0 Å². The fourth-order valence-corrected chi connectivity index (χ4v) is 2.16. The standard InChI is InChI=1S/C15H22O3/c1-11(2)10-18-13-7-4-3-6-12(13)15(16)14-8-5-9-17-14/h3-4,6-7,11,14-16H,5,8-10H2,1-2H3. The predicted molar refractivity (Wildman–Crippen MR) is 70.7 cm³/mol.